The lowest BCUT2D eigenvalue weighted by Gasteiger charge is -2.57. The van der Waals surface area contributed by atoms with E-state index in [0.717, 1.165) is 60.7 Å². The number of nitriles is 1. The summed E-state index contributed by atoms with van der Waals surface area (Å²) in [6.07, 6.45) is 12.0. The Morgan fingerprint density at radius 2 is 2.09 bits per heavy atom. The van der Waals surface area contributed by atoms with Gasteiger partial charge in [0, 0.05) is 37.2 Å². The number of Topliss-reactive ketones (excluding diaryl/α,β-unsaturated/α-hetero) is 1. The molecular weight excluding hydrogens is 430 g/mol. The van der Waals surface area contributed by atoms with Gasteiger partial charge >= 0.3 is 0 Å². The van der Waals surface area contributed by atoms with Crippen molar-refractivity contribution in [1.82, 2.24) is 20.1 Å². The number of fused-ring (bicyclic) bond motifs is 3. The first-order chi connectivity index (χ1) is 16.5. The minimum atomic E-state index is -0.612. The summed E-state index contributed by atoms with van der Waals surface area (Å²) in [5.41, 5.74) is 3.59. The molecule has 2 aromatic heterocycles. The molecule has 5 aliphatic rings. The first-order valence-electron chi connectivity index (χ1n) is 12.3. The molecule has 0 aromatic carbocycles. The van der Waals surface area contributed by atoms with Gasteiger partial charge < -0.3 is 10.1 Å². The lowest BCUT2D eigenvalue weighted by Crippen LogP contribution is -2.51. The van der Waals surface area contributed by atoms with E-state index in [-0.39, 0.29) is 17.9 Å². The van der Waals surface area contributed by atoms with E-state index in [9.17, 15) is 14.9 Å². The summed E-state index contributed by atoms with van der Waals surface area (Å²) in [7, 11) is 1.55. The van der Waals surface area contributed by atoms with Crippen LogP contribution >= 0.6 is 0 Å². The summed E-state index contributed by atoms with van der Waals surface area (Å²) in [4.78, 5) is 29.7. The van der Waals surface area contributed by atoms with Gasteiger partial charge in [-0.25, -0.2) is 0 Å². The number of hydrogen-bond donors (Lipinski definition) is 1. The van der Waals surface area contributed by atoms with Crippen LogP contribution in [0.3, 0.4) is 0 Å². The molecule has 4 saturated carbocycles. The van der Waals surface area contributed by atoms with Crippen LogP contribution in [0.1, 0.15) is 55.1 Å². The van der Waals surface area contributed by atoms with Gasteiger partial charge in [0.2, 0.25) is 5.78 Å². The second kappa shape index (κ2) is 8.02. The fraction of sp³-hybridized carbons (Fsp3) is 0.577. The highest BCUT2D eigenvalue weighted by molar-refractivity contribution is 6.36. The van der Waals surface area contributed by atoms with E-state index in [1.807, 2.05) is 6.20 Å². The zero-order valence-electron chi connectivity index (χ0n) is 19.4. The van der Waals surface area contributed by atoms with Crippen molar-refractivity contribution in [3.63, 3.8) is 0 Å². The Balaban J connectivity index is 1.38. The molecule has 2 aromatic rings. The van der Waals surface area contributed by atoms with Gasteiger partial charge in [-0.1, -0.05) is 12.2 Å². The smallest absolute Gasteiger partial charge is 0.287 e. The Kier molecular flexibility index (Phi) is 5.07. The second-order valence-electron chi connectivity index (χ2n) is 10.6. The monoisotopic (exact) mass is 459 g/mol. The number of ether oxygens (including phenoxy) is 1. The van der Waals surface area contributed by atoms with E-state index in [1.54, 1.807) is 7.11 Å². The van der Waals surface area contributed by atoms with E-state index in [2.05, 4.69) is 33.2 Å². The molecule has 34 heavy (non-hydrogen) atoms. The predicted molar refractivity (Wildman–Crippen MR) is 125 cm³/mol. The SMILES string of the molecule is COCCNC(=O)C(=O)Cc1nn(C2C3CC4CC2CC(C#N)(C4)C3)c2c3c(ncc12)CC=C3. The second-order valence-corrected chi connectivity index (χ2v) is 10.6. The van der Waals surface area contributed by atoms with Crippen molar-refractivity contribution in [3.05, 3.63) is 29.2 Å². The van der Waals surface area contributed by atoms with Crippen molar-refractivity contribution >= 4 is 28.7 Å². The fourth-order valence-corrected chi connectivity index (χ4v) is 7.35. The molecule has 0 radical (unpaired) electrons. The van der Waals surface area contributed by atoms with E-state index in [0.29, 0.717) is 36.6 Å². The van der Waals surface area contributed by atoms with E-state index in [4.69, 9.17) is 9.84 Å². The van der Waals surface area contributed by atoms with Gasteiger partial charge in [-0.15, -0.1) is 0 Å². The molecule has 8 heteroatoms. The average molecular weight is 460 g/mol. The molecule has 2 atom stereocenters. The summed E-state index contributed by atoms with van der Waals surface area (Å²) in [5, 5.41) is 18.4. The molecule has 0 aliphatic heterocycles. The van der Waals surface area contributed by atoms with Gasteiger partial charge in [0.25, 0.3) is 5.91 Å². The van der Waals surface area contributed by atoms with E-state index in [1.165, 1.54) is 0 Å². The first-order valence-corrected chi connectivity index (χ1v) is 12.3. The summed E-state index contributed by atoms with van der Waals surface area (Å²) >= 11 is 0. The van der Waals surface area contributed by atoms with E-state index < -0.39 is 11.7 Å². The summed E-state index contributed by atoms with van der Waals surface area (Å²) in [6, 6.07) is 2.90. The molecule has 4 fully saturated rings. The molecule has 5 aliphatic carbocycles. The maximum atomic E-state index is 12.7. The largest absolute Gasteiger partial charge is 0.383 e. The normalized spacial score (nSPS) is 30.5. The quantitative estimate of drug-likeness (QED) is 0.504. The van der Waals surface area contributed by atoms with Crippen LogP contribution < -0.4 is 5.32 Å². The number of rotatable bonds is 7. The van der Waals surface area contributed by atoms with E-state index >= 15 is 0 Å². The highest BCUT2D eigenvalue weighted by atomic mass is 16.5. The molecule has 176 valence electrons. The zero-order valence-corrected chi connectivity index (χ0v) is 19.4. The number of methoxy groups -OCH3 is 1. The third-order valence-electron chi connectivity index (χ3n) is 8.45. The molecule has 8 nitrogen and oxygen atoms in total. The summed E-state index contributed by atoms with van der Waals surface area (Å²) in [6.45, 7) is 0.651. The lowest BCUT2D eigenvalue weighted by molar-refractivity contribution is -0.137. The van der Waals surface area contributed by atoms with Gasteiger partial charge in [-0.05, 0) is 49.9 Å². The number of amides is 1. The van der Waals surface area contributed by atoms with Gasteiger partial charge in [0.05, 0.1) is 47.5 Å². The number of pyridine rings is 1. The van der Waals surface area contributed by atoms with Crippen molar-refractivity contribution in [3.8, 4) is 6.07 Å². The van der Waals surface area contributed by atoms with Crippen LogP contribution in [0.25, 0.3) is 17.0 Å². The standard InChI is InChI=1S/C26H29N5O3/c1-34-6-5-28-25(33)22(32)9-21-19-13-29-20-4-2-3-18(20)24(19)31(30-21)23-16-7-15-8-17(23)12-26(10-15,11-16)14-27/h2-3,13,15-17,23H,4-12H2,1H3,(H,28,33). The molecule has 7 rings (SSSR count). The van der Waals surface area contributed by atoms with Crippen LogP contribution in [0.5, 0.6) is 0 Å². The van der Waals surface area contributed by atoms with Crippen LogP contribution in [0.4, 0.5) is 0 Å². The summed E-state index contributed by atoms with van der Waals surface area (Å²) in [5.74, 6) is 0.360. The van der Waals surface area contributed by atoms with Gasteiger partial charge in [-0.2, -0.15) is 10.4 Å². The molecule has 2 heterocycles. The molecule has 0 spiro atoms. The fourth-order valence-electron chi connectivity index (χ4n) is 7.35. The Bertz CT molecular complexity index is 1240. The van der Waals surface area contributed by atoms with Crippen molar-refractivity contribution < 1.29 is 14.3 Å². The Morgan fingerprint density at radius 1 is 1.29 bits per heavy atom. The molecular formula is C26H29N5O3. The molecule has 4 bridgehead atoms. The number of allylic oxidation sites excluding steroid dienone is 1. The van der Waals surface area contributed by atoms with Crippen molar-refractivity contribution in [2.24, 2.45) is 23.2 Å². The van der Waals surface area contributed by atoms with Crippen molar-refractivity contribution in [1.29, 1.82) is 5.26 Å². The first kappa shape index (κ1) is 21.5. The third-order valence-corrected chi connectivity index (χ3v) is 8.45. The number of nitrogens with one attached hydrogen (secondary N) is 1. The lowest BCUT2D eigenvalue weighted by atomic mass is 9.48. The van der Waals surface area contributed by atoms with Gasteiger partial charge in [0.1, 0.15) is 0 Å². The Labute approximate surface area is 198 Å². The number of carbonyl (C=O) groups excluding carboxylic acids is 2. The number of carbonyl (C=O) groups is 2. The Hall–Kier alpha value is -3.05. The average Bonchev–Trinajstić information content (AvgIpc) is 3.43. The number of ketones is 1. The topological polar surface area (TPSA) is 110 Å². The van der Waals surface area contributed by atoms with Crippen LogP contribution in [0.2, 0.25) is 0 Å². The highest BCUT2D eigenvalue weighted by Gasteiger charge is 2.56. The molecule has 2 unspecified atom stereocenters. The van der Waals surface area contributed by atoms with Gasteiger partial charge in [0.15, 0.2) is 0 Å². The van der Waals surface area contributed by atoms with Crippen molar-refractivity contribution in [2.75, 3.05) is 20.3 Å². The molecule has 1 amide bonds. The Morgan fingerprint density at radius 3 is 2.82 bits per heavy atom. The predicted octanol–water partition coefficient (Wildman–Crippen LogP) is 2.77. The molecule has 0 saturated heterocycles. The summed E-state index contributed by atoms with van der Waals surface area (Å²) < 4.78 is 7.11. The van der Waals surface area contributed by atoms with Crippen LogP contribution in [0.15, 0.2) is 12.3 Å². The van der Waals surface area contributed by atoms with Crippen LogP contribution in [0, 0.1) is 34.5 Å². The minimum Gasteiger partial charge on any atom is -0.383 e. The minimum absolute atomic E-state index is 0.0562. The maximum absolute atomic E-state index is 12.7. The van der Waals surface area contributed by atoms with Crippen LogP contribution in [-0.4, -0.2) is 46.7 Å². The van der Waals surface area contributed by atoms with Crippen LogP contribution in [-0.2, 0) is 27.2 Å². The number of hydrogen-bond acceptors (Lipinski definition) is 6. The van der Waals surface area contributed by atoms with Crippen molar-refractivity contribution in [2.45, 2.75) is 51.0 Å². The number of nitrogens with zero attached hydrogens (tertiary/aromatic N) is 4. The highest BCUT2D eigenvalue weighted by Crippen LogP contribution is 2.63. The van der Waals surface area contributed by atoms with Gasteiger partial charge in [-0.3, -0.25) is 19.3 Å². The zero-order chi connectivity index (χ0) is 23.4. The third kappa shape index (κ3) is 3.29. The number of aromatic nitrogens is 3. The maximum Gasteiger partial charge on any atom is 0.287 e. The molecule has 1 N–H and O–H groups in total.